The molecule has 2 fully saturated rings. The monoisotopic (exact) mass is 213 g/mol. The van der Waals surface area contributed by atoms with E-state index in [1.165, 1.54) is 0 Å². The van der Waals surface area contributed by atoms with Gasteiger partial charge in [0.05, 0.1) is 12.2 Å². The summed E-state index contributed by atoms with van der Waals surface area (Å²) in [7, 11) is 2.14. The minimum absolute atomic E-state index is 0.363. The summed E-state index contributed by atoms with van der Waals surface area (Å²) in [6.45, 7) is 4.84. The fourth-order valence-corrected chi connectivity index (χ4v) is 2.90. The lowest BCUT2D eigenvalue weighted by atomic mass is 9.75. The van der Waals surface area contributed by atoms with Crippen LogP contribution in [0.5, 0.6) is 0 Å². The van der Waals surface area contributed by atoms with Crippen LogP contribution >= 0.6 is 0 Å². The van der Waals surface area contributed by atoms with Crippen molar-refractivity contribution in [3.8, 4) is 0 Å². The van der Waals surface area contributed by atoms with E-state index in [0.717, 1.165) is 45.4 Å². The number of ether oxygens (including phenoxy) is 1. The molecule has 0 saturated carbocycles. The lowest BCUT2D eigenvalue weighted by molar-refractivity contribution is -0.117. The van der Waals surface area contributed by atoms with Crippen LogP contribution in [-0.2, 0) is 4.74 Å². The summed E-state index contributed by atoms with van der Waals surface area (Å²) in [5, 5.41) is 10.7. The lowest BCUT2D eigenvalue weighted by Gasteiger charge is -2.46. The van der Waals surface area contributed by atoms with Gasteiger partial charge in [-0.05, 0) is 39.7 Å². The Hall–Kier alpha value is -0.120. The molecule has 3 unspecified atom stereocenters. The minimum atomic E-state index is -0.466. The zero-order valence-corrected chi connectivity index (χ0v) is 9.91. The topological polar surface area (TPSA) is 32.7 Å². The molecule has 3 heteroatoms. The molecule has 15 heavy (non-hydrogen) atoms. The van der Waals surface area contributed by atoms with E-state index in [0.29, 0.717) is 12.0 Å². The van der Waals surface area contributed by atoms with Crippen LogP contribution in [0.3, 0.4) is 0 Å². The quantitative estimate of drug-likeness (QED) is 0.712. The molecule has 1 N–H and O–H groups in total. The van der Waals surface area contributed by atoms with Gasteiger partial charge in [-0.1, -0.05) is 0 Å². The van der Waals surface area contributed by atoms with Crippen LogP contribution in [0.15, 0.2) is 0 Å². The fraction of sp³-hybridized carbons (Fsp3) is 1.00. The molecule has 0 bridgehead atoms. The van der Waals surface area contributed by atoms with Gasteiger partial charge in [-0.25, -0.2) is 0 Å². The molecule has 2 rings (SSSR count). The van der Waals surface area contributed by atoms with Gasteiger partial charge in [-0.2, -0.15) is 0 Å². The molecule has 88 valence electrons. The Labute approximate surface area is 92.4 Å². The first-order valence-corrected chi connectivity index (χ1v) is 6.12. The predicted octanol–water partition coefficient (Wildman–Crippen LogP) is 1.26. The zero-order valence-electron chi connectivity index (χ0n) is 9.91. The summed E-state index contributed by atoms with van der Waals surface area (Å²) in [6, 6.07) is 0.491. The Balaban J connectivity index is 1.99. The maximum absolute atomic E-state index is 10.7. The van der Waals surface area contributed by atoms with Crippen LogP contribution in [0.1, 0.15) is 32.6 Å². The predicted molar refractivity (Wildman–Crippen MR) is 59.8 cm³/mol. The van der Waals surface area contributed by atoms with E-state index in [-0.39, 0.29) is 0 Å². The maximum Gasteiger partial charge on any atom is 0.0724 e. The summed E-state index contributed by atoms with van der Waals surface area (Å²) in [5.41, 5.74) is -0.466. The summed E-state index contributed by atoms with van der Waals surface area (Å²) >= 11 is 0. The molecule has 2 aliphatic heterocycles. The molecule has 0 amide bonds. The van der Waals surface area contributed by atoms with Gasteiger partial charge in [0.2, 0.25) is 0 Å². The van der Waals surface area contributed by atoms with E-state index >= 15 is 0 Å². The van der Waals surface area contributed by atoms with Crippen LogP contribution in [0.2, 0.25) is 0 Å². The molecule has 2 heterocycles. The second-order valence-electron chi connectivity index (χ2n) is 5.30. The second-order valence-corrected chi connectivity index (χ2v) is 5.30. The van der Waals surface area contributed by atoms with Gasteiger partial charge in [0.15, 0.2) is 0 Å². The molecule has 3 nitrogen and oxygen atoms in total. The molecule has 2 aliphatic rings. The van der Waals surface area contributed by atoms with Crippen molar-refractivity contribution >= 4 is 0 Å². The Morgan fingerprint density at radius 2 is 2.27 bits per heavy atom. The molecule has 3 atom stereocenters. The Bertz CT molecular complexity index is 216. The summed E-state index contributed by atoms with van der Waals surface area (Å²) in [6.07, 6.45) is 4.05. The Morgan fingerprint density at radius 1 is 1.47 bits per heavy atom. The van der Waals surface area contributed by atoms with E-state index in [9.17, 15) is 5.11 Å². The second kappa shape index (κ2) is 4.40. The van der Waals surface area contributed by atoms with Crippen LogP contribution in [0, 0.1) is 5.92 Å². The highest BCUT2D eigenvalue weighted by molar-refractivity contribution is 4.94. The standard InChI is InChI=1S/C12H23NO2/c1-10-8-12(14,5-6-13(10)2)11-4-3-7-15-9-11/h10-11,14H,3-9H2,1-2H3. The fourth-order valence-electron chi connectivity index (χ4n) is 2.90. The highest BCUT2D eigenvalue weighted by Gasteiger charge is 2.42. The van der Waals surface area contributed by atoms with Gasteiger partial charge in [-0.3, -0.25) is 0 Å². The number of hydrogen-bond acceptors (Lipinski definition) is 3. The van der Waals surface area contributed by atoms with Crippen LogP contribution in [-0.4, -0.2) is 48.5 Å². The van der Waals surface area contributed by atoms with Gasteiger partial charge < -0.3 is 14.7 Å². The largest absolute Gasteiger partial charge is 0.389 e. The maximum atomic E-state index is 10.7. The first-order valence-electron chi connectivity index (χ1n) is 6.12. The third-order valence-corrected chi connectivity index (χ3v) is 4.22. The molecule has 0 aliphatic carbocycles. The minimum Gasteiger partial charge on any atom is -0.389 e. The summed E-state index contributed by atoms with van der Waals surface area (Å²) < 4.78 is 5.49. The van der Waals surface area contributed by atoms with Gasteiger partial charge in [-0.15, -0.1) is 0 Å². The van der Waals surface area contributed by atoms with Crippen LogP contribution in [0.25, 0.3) is 0 Å². The molecular weight excluding hydrogens is 190 g/mol. The van der Waals surface area contributed by atoms with Crippen LogP contribution < -0.4 is 0 Å². The normalized spacial score (nSPS) is 44.2. The number of rotatable bonds is 1. The first kappa shape index (κ1) is 11.4. The molecule has 0 aromatic carbocycles. The number of hydrogen-bond donors (Lipinski definition) is 1. The molecule has 0 radical (unpaired) electrons. The van der Waals surface area contributed by atoms with E-state index in [2.05, 4.69) is 18.9 Å². The Kier molecular flexibility index (Phi) is 3.33. The van der Waals surface area contributed by atoms with Gasteiger partial charge in [0, 0.05) is 25.1 Å². The lowest BCUT2D eigenvalue weighted by Crippen LogP contribution is -2.53. The van der Waals surface area contributed by atoms with Crippen molar-refractivity contribution in [3.63, 3.8) is 0 Å². The van der Waals surface area contributed by atoms with Gasteiger partial charge in [0.25, 0.3) is 0 Å². The van der Waals surface area contributed by atoms with E-state index in [1.54, 1.807) is 0 Å². The highest BCUT2D eigenvalue weighted by Crippen LogP contribution is 2.36. The number of aliphatic hydroxyl groups is 1. The smallest absolute Gasteiger partial charge is 0.0724 e. The highest BCUT2D eigenvalue weighted by atomic mass is 16.5. The van der Waals surface area contributed by atoms with Gasteiger partial charge >= 0.3 is 0 Å². The van der Waals surface area contributed by atoms with Crippen molar-refractivity contribution in [3.05, 3.63) is 0 Å². The first-order chi connectivity index (χ1) is 7.12. The third kappa shape index (κ3) is 2.35. The average molecular weight is 213 g/mol. The zero-order chi connectivity index (χ0) is 10.9. The average Bonchev–Trinajstić information content (AvgIpc) is 2.26. The van der Waals surface area contributed by atoms with E-state index in [4.69, 9.17) is 4.74 Å². The van der Waals surface area contributed by atoms with Crippen molar-refractivity contribution in [1.82, 2.24) is 4.90 Å². The molecule has 0 spiro atoms. The number of likely N-dealkylation sites (tertiary alicyclic amines) is 1. The van der Waals surface area contributed by atoms with Gasteiger partial charge in [0.1, 0.15) is 0 Å². The van der Waals surface area contributed by atoms with Crippen molar-refractivity contribution < 1.29 is 9.84 Å². The molecule has 0 aromatic heterocycles. The summed E-state index contributed by atoms with van der Waals surface area (Å²) in [5.74, 6) is 0.363. The molecular formula is C12H23NO2. The third-order valence-electron chi connectivity index (χ3n) is 4.22. The van der Waals surface area contributed by atoms with Crippen LogP contribution in [0.4, 0.5) is 0 Å². The summed E-state index contributed by atoms with van der Waals surface area (Å²) in [4.78, 5) is 2.33. The van der Waals surface area contributed by atoms with E-state index < -0.39 is 5.60 Å². The SMILES string of the molecule is CC1CC(O)(C2CCCOC2)CCN1C. The Morgan fingerprint density at radius 3 is 2.87 bits per heavy atom. The molecule has 2 saturated heterocycles. The van der Waals surface area contributed by atoms with Crippen molar-refractivity contribution in [2.24, 2.45) is 5.92 Å². The molecule has 0 aromatic rings. The van der Waals surface area contributed by atoms with Crippen molar-refractivity contribution in [2.45, 2.75) is 44.2 Å². The number of nitrogens with zero attached hydrogens (tertiary/aromatic N) is 1. The number of piperidine rings is 1. The van der Waals surface area contributed by atoms with E-state index in [1.807, 2.05) is 0 Å². The van der Waals surface area contributed by atoms with Crippen molar-refractivity contribution in [1.29, 1.82) is 0 Å². The van der Waals surface area contributed by atoms with Crippen molar-refractivity contribution in [2.75, 3.05) is 26.8 Å².